The van der Waals surface area contributed by atoms with Crippen molar-refractivity contribution in [2.75, 3.05) is 13.7 Å². The lowest BCUT2D eigenvalue weighted by Gasteiger charge is -2.29. The predicted molar refractivity (Wildman–Crippen MR) is 138 cm³/mol. The van der Waals surface area contributed by atoms with Crippen molar-refractivity contribution in [1.82, 2.24) is 20.5 Å². The third kappa shape index (κ3) is 3.30. The average molecular weight is 541 g/mol. The second-order valence-corrected chi connectivity index (χ2v) is 10.1. The number of methoxy groups -OCH3 is 1. The molecule has 0 bridgehead atoms. The first-order valence-corrected chi connectivity index (χ1v) is 12.6. The number of rotatable bonds is 5. The number of carbonyl (C=O) groups excluding carboxylic acids is 4. The number of Topliss-reactive ketones (excluding diaryl/α,β-unsaturated/α-hetero) is 1. The highest BCUT2D eigenvalue weighted by Crippen LogP contribution is 2.43. The summed E-state index contributed by atoms with van der Waals surface area (Å²) in [4.78, 5) is 57.5. The molecule has 4 heterocycles. The van der Waals surface area contributed by atoms with Crippen molar-refractivity contribution >= 4 is 34.6 Å². The summed E-state index contributed by atoms with van der Waals surface area (Å²) in [5, 5.41) is 5.52. The van der Waals surface area contributed by atoms with Crippen molar-refractivity contribution in [3.63, 3.8) is 0 Å². The Hall–Kier alpha value is -5.06. The Kier molecular flexibility index (Phi) is 5.08. The standard InChI is InChI=1S/C29H21FN4O6/c1-39-19-7-5-16-12-34(26(36)23(16)24(19)30)13-29(27(37)32-28(38)33-29)20-10-17-9-14-4-6-18(35)21(14)22(25(17)40-20)15-3-2-8-31-11-15/h2-3,5,7-11H,4,6,12-13H2,1H3,(H2,32,33,37,38). The fourth-order valence-corrected chi connectivity index (χ4v) is 5.95. The monoisotopic (exact) mass is 540 g/mol. The van der Waals surface area contributed by atoms with E-state index in [0.29, 0.717) is 46.1 Å². The number of carbonyl (C=O) groups is 4. The van der Waals surface area contributed by atoms with Crippen LogP contribution < -0.4 is 15.4 Å². The van der Waals surface area contributed by atoms with Crippen LogP contribution in [0.25, 0.3) is 22.1 Å². The highest BCUT2D eigenvalue weighted by molar-refractivity contribution is 6.13. The first-order valence-electron chi connectivity index (χ1n) is 12.6. The van der Waals surface area contributed by atoms with E-state index in [4.69, 9.17) is 9.15 Å². The summed E-state index contributed by atoms with van der Waals surface area (Å²) in [5.41, 5.74) is 1.49. The number of ketones is 1. The number of benzene rings is 2. The predicted octanol–water partition coefficient (Wildman–Crippen LogP) is 3.46. The topological polar surface area (TPSA) is 131 Å². The largest absolute Gasteiger partial charge is 0.494 e. The van der Waals surface area contributed by atoms with Crippen molar-refractivity contribution in [1.29, 1.82) is 0 Å². The van der Waals surface area contributed by atoms with E-state index >= 15 is 0 Å². The number of hydrogen-bond acceptors (Lipinski definition) is 7. The highest BCUT2D eigenvalue weighted by atomic mass is 19.1. The van der Waals surface area contributed by atoms with E-state index < -0.39 is 29.2 Å². The first-order chi connectivity index (χ1) is 19.3. The van der Waals surface area contributed by atoms with E-state index in [1.807, 2.05) is 12.1 Å². The average Bonchev–Trinajstić information content (AvgIpc) is 3.69. The molecule has 1 atom stereocenters. The van der Waals surface area contributed by atoms with Gasteiger partial charge in [-0.1, -0.05) is 12.1 Å². The molecular weight excluding hydrogens is 519 g/mol. The summed E-state index contributed by atoms with van der Waals surface area (Å²) in [7, 11) is 1.31. The Balaban J connectivity index is 1.37. The molecule has 2 aromatic heterocycles. The van der Waals surface area contributed by atoms with Gasteiger partial charge < -0.3 is 19.4 Å². The number of ether oxygens (including phenoxy) is 1. The van der Waals surface area contributed by atoms with Gasteiger partial charge in [-0.3, -0.25) is 24.7 Å². The number of fused-ring (bicyclic) bond motifs is 3. The van der Waals surface area contributed by atoms with Crippen molar-refractivity contribution in [2.45, 2.75) is 24.9 Å². The molecule has 200 valence electrons. The molecule has 10 nitrogen and oxygen atoms in total. The fraction of sp³-hybridized carbons (Fsp3) is 0.207. The van der Waals surface area contributed by atoms with Crippen molar-refractivity contribution in [3.8, 4) is 16.9 Å². The number of urea groups is 1. The number of furan rings is 1. The molecule has 3 aliphatic rings. The molecule has 1 unspecified atom stereocenters. The van der Waals surface area contributed by atoms with Crippen LogP contribution in [-0.4, -0.2) is 47.2 Å². The molecule has 1 fully saturated rings. The number of aromatic nitrogens is 1. The zero-order valence-electron chi connectivity index (χ0n) is 21.2. The van der Waals surface area contributed by atoms with Gasteiger partial charge in [0.05, 0.1) is 19.2 Å². The van der Waals surface area contributed by atoms with E-state index in [0.717, 1.165) is 5.56 Å². The summed E-state index contributed by atoms with van der Waals surface area (Å²) in [6.45, 7) is -0.301. The van der Waals surface area contributed by atoms with Crippen LogP contribution in [0.1, 0.15) is 44.0 Å². The molecule has 2 aliphatic heterocycles. The lowest BCUT2D eigenvalue weighted by Crippen LogP contribution is -2.52. The lowest BCUT2D eigenvalue weighted by atomic mass is 9.93. The SMILES string of the molecule is COc1ccc2c(c1F)C(=O)N(CC1(c3cc4cc5c(c(-c6cccnc6)c4o3)C(=O)CC5)NC(=O)NC1=O)C2. The van der Waals surface area contributed by atoms with Gasteiger partial charge in [-0.25, -0.2) is 9.18 Å². The van der Waals surface area contributed by atoms with Gasteiger partial charge in [0.2, 0.25) is 0 Å². The molecular formula is C29H21FN4O6. The van der Waals surface area contributed by atoms with Crippen LogP contribution in [0.5, 0.6) is 5.75 Å². The Labute approximate surface area is 226 Å². The normalized spacial score (nSPS) is 19.7. The minimum atomic E-state index is -1.80. The lowest BCUT2D eigenvalue weighted by molar-refractivity contribution is -0.125. The molecule has 0 radical (unpaired) electrons. The molecule has 11 heteroatoms. The third-order valence-corrected chi connectivity index (χ3v) is 7.80. The molecule has 1 saturated heterocycles. The van der Waals surface area contributed by atoms with Gasteiger partial charge in [0, 0.05) is 47.4 Å². The quantitative estimate of drug-likeness (QED) is 0.371. The van der Waals surface area contributed by atoms with Gasteiger partial charge in [0.15, 0.2) is 22.9 Å². The number of pyridine rings is 1. The Morgan fingerprint density at radius 2 is 1.93 bits per heavy atom. The van der Waals surface area contributed by atoms with Gasteiger partial charge in [-0.15, -0.1) is 0 Å². The van der Waals surface area contributed by atoms with Crippen LogP contribution in [0.4, 0.5) is 9.18 Å². The van der Waals surface area contributed by atoms with Crippen LogP contribution in [0.3, 0.4) is 0 Å². The number of amides is 4. The van der Waals surface area contributed by atoms with Crippen molar-refractivity contribution < 1.29 is 32.7 Å². The molecule has 0 saturated carbocycles. The van der Waals surface area contributed by atoms with E-state index in [-0.39, 0.29) is 35.9 Å². The molecule has 7 rings (SSSR count). The number of nitrogens with zero attached hydrogens (tertiary/aromatic N) is 2. The van der Waals surface area contributed by atoms with Crippen LogP contribution in [0, 0.1) is 5.82 Å². The second-order valence-electron chi connectivity index (χ2n) is 10.1. The summed E-state index contributed by atoms with van der Waals surface area (Å²) >= 11 is 0. The van der Waals surface area contributed by atoms with Gasteiger partial charge >= 0.3 is 6.03 Å². The minimum absolute atomic E-state index is 0.0178. The minimum Gasteiger partial charge on any atom is -0.494 e. The number of hydrogen-bond donors (Lipinski definition) is 2. The Bertz CT molecular complexity index is 1800. The molecule has 2 N–H and O–H groups in total. The number of aryl methyl sites for hydroxylation is 1. The number of halogens is 1. The second kappa shape index (κ2) is 8.47. The van der Waals surface area contributed by atoms with E-state index in [2.05, 4.69) is 15.6 Å². The molecule has 4 amide bonds. The molecule has 4 aromatic rings. The molecule has 40 heavy (non-hydrogen) atoms. The Morgan fingerprint density at radius 3 is 2.65 bits per heavy atom. The molecule has 2 aromatic carbocycles. The van der Waals surface area contributed by atoms with E-state index in [9.17, 15) is 23.6 Å². The van der Waals surface area contributed by atoms with Gasteiger partial charge in [0.1, 0.15) is 11.3 Å². The van der Waals surface area contributed by atoms with Crippen molar-refractivity contribution in [3.05, 3.63) is 82.6 Å². The third-order valence-electron chi connectivity index (χ3n) is 7.80. The maximum atomic E-state index is 15.0. The van der Waals surface area contributed by atoms with Crippen LogP contribution in [0.15, 0.2) is 53.2 Å². The molecule has 0 spiro atoms. The Morgan fingerprint density at radius 1 is 1.07 bits per heavy atom. The van der Waals surface area contributed by atoms with E-state index in [1.165, 1.54) is 18.1 Å². The number of imide groups is 1. The summed E-state index contributed by atoms with van der Waals surface area (Å²) in [6.07, 6.45) is 4.20. The van der Waals surface area contributed by atoms with Gasteiger partial charge in [0.25, 0.3) is 11.8 Å². The van der Waals surface area contributed by atoms with E-state index in [1.54, 1.807) is 30.6 Å². The summed E-state index contributed by atoms with van der Waals surface area (Å²) in [5.74, 6) is -2.16. The maximum Gasteiger partial charge on any atom is 0.322 e. The zero-order chi connectivity index (χ0) is 27.8. The van der Waals surface area contributed by atoms with Crippen molar-refractivity contribution in [2.24, 2.45) is 0 Å². The first kappa shape index (κ1) is 24.0. The summed E-state index contributed by atoms with van der Waals surface area (Å²) in [6, 6.07) is 9.33. The van der Waals surface area contributed by atoms with Crippen LogP contribution >= 0.6 is 0 Å². The smallest absolute Gasteiger partial charge is 0.322 e. The molecule has 1 aliphatic carbocycles. The van der Waals surface area contributed by atoms with Crippen LogP contribution in [0.2, 0.25) is 0 Å². The van der Waals surface area contributed by atoms with Gasteiger partial charge in [-0.2, -0.15) is 0 Å². The summed E-state index contributed by atoms with van der Waals surface area (Å²) < 4.78 is 26.3. The highest BCUT2D eigenvalue weighted by Gasteiger charge is 2.53. The zero-order valence-corrected chi connectivity index (χ0v) is 21.2. The van der Waals surface area contributed by atoms with Crippen LogP contribution in [-0.2, 0) is 23.3 Å². The fourth-order valence-electron chi connectivity index (χ4n) is 5.95. The van der Waals surface area contributed by atoms with Gasteiger partial charge in [-0.05, 0) is 41.8 Å². The number of nitrogens with one attached hydrogen (secondary N) is 2. The maximum absolute atomic E-state index is 15.0.